The lowest BCUT2D eigenvalue weighted by molar-refractivity contribution is -0.115. The van der Waals surface area contributed by atoms with Crippen LogP contribution in [0, 0.1) is 0 Å². The van der Waals surface area contributed by atoms with E-state index >= 15 is 0 Å². The number of hydrogen-bond donors (Lipinski definition) is 1. The number of para-hydroxylation sites is 1. The number of nitrogens with zero attached hydrogens (tertiary/aromatic N) is 1. The number of ether oxygens (including phenoxy) is 1. The van der Waals surface area contributed by atoms with Crippen LogP contribution in [-0.4, -0.2) is 18.0 Å². The molecule has 0 radical (unpaired) electrons. The molecule has 0 fully saturated rings. The zero-order valence-electron chi connectivity index (χ0n) is 9.64. The van der Waals surface area contributed by atoms with E-state index in [0.717, 1.165) is 20.2 Å². The third kappa shape index (κ3) is 3.30. The van der Waals surface area contributed by atoms with Crippen molar-refractivity contribution in [2.45, 2.75) is 6.42 Å². The summed E-state index contributed by atoms with van der Waals surface area (Å²) in [6, 6.07) is 7.47. The van der Waals surface area contributed by atoms with Crippen molar-refractivity contribution in [1.29, 1.82) is 0 Å². The van der Waals surface area contributed by atoms with Crippen LogP contribution in [0.15, 0.2) is 34.4 Å². The highest BCUT2D eigenvalue weighted by atomic mass is 79.9. The van der Waals surface area contributed by atoms with Gasteiger partial charge in [0.2, 0.25) is 5.91 Å². The number of rotatable bonds is 4. The molecule has 1 N–H and O–H groups in total. The van der Waals surface area contributed by atoms with Crippen molar-refractivity contribution in [2.75, 3.05) is 12.4 Å². The molecule has 0 unspecified atom stereocenters. The molecule has 0 saturated heterocycles. The summed E-state index contributed by atoms with van der Waals surface area (Å²) in [7, 11) is 1.59. The third-order valence-corrected chi connectivity index (χ3v) is 3.68. The minimum absolute atomic E-state index is 0.0874. The van der Waals surface area contributed by atoms with Gasteiger partial charge in [-0.3, -0.25) is 4.79 Å². The van der Waals surface area contributed by atoms with Crippen LogP contribution >= 0.6 is 27.3 Å². The van der Waals surface area contributed by atoms with Gasteiger partial charge in [-0.05, 0) is 22.0 Å². The molecule has 2 rings (SSSR count). The number of anilines is 1. The molecule has 0 spiro atoms. The van der Waals surface area contributed by atoms with Crippen LogP contribution in [0.1, 0.15) is 5.56 Å². The summed E-state index contributed by atoms with van der Waals surface area (Å²) in [5, 5.41) is 3.52. The monoisotopic (exact) mass is 326 g/mol. The summed E-state index contributed by atoms with van der Waals surface area (Å²) < 4.78 is 5.95. The number of thiazole rings is 1. The molecular weight excluding hydrogens is 316 g/mol. The van der Waals surface area contributed by atoms with Crippen LogP contribution in [0.2, 0.25) is 0 Å². The summed E-state index contributed by atoms with van der Waals surface area (Å²) in [6.45, 7) is 0. The van der Waals surface area contributed by atoms with E-state index in [1.165, 1.54) is 11.3 Å². The predicted molar refractivity (Wildman–Crippen MR) is 75.1 cm³/mol. The Morgan fingerprint density at radius 1 is 1.50 bits per heavy atom. The molecule has 1 heterocycles. The number of carbonyl (C=O) groups is 1. The van der Waals surface area contributed by atoms with E-state index in [1.807, 2.05) is 24.3 Å². The average Bonchev–Trinajstić information content (AvgIpc) is 2.75. The highest BCUT2D eigenvalue weighted by Gasteiger charge is 2.09. The van der Waals surface area contributed by atoms with Crippen LogP contribution < -0.4 is 10.1 Å². The molecule has 0 aliphatic heterocycles. The molecule has 0 bridgehead atoms. The first-order valence-corrected chi connectivity index (χ1v) is 6.83. The Labute approximate surface area is 117 Å². The van der Waals surface area contributed by atoms with Crippen LogP contribution in [0.4, 0.5) is 5.00 Å². The largest absolute Gasteiger partial charge is 0.496 e. The van der Waals surface area contributed by atoms with Gasteiger partial charge in [0, 0.05) is 5.56 Å². The fraction of sp³-hybridized carbons (Fsp3) is 0.167. The lowest BCUT2D eigenvalue weighted by atomic mass is 10.1. The highest BCUT2D eigenvalue weighted by Crippen LogP contribution is 2.24. The maximum absolute atomic E-state index is 11.9. The second kappa shape index (κ2) is 5.97. The van der Waals surface area contributed by atoms with E-state index < -0.39 is 0 Å². The second-order valence-electron chi connectivity index (χ2n) is 3.51. The number of carbonyl (C=O) groups excluding carboxylic acids is 1. The fourth-order valence-corrected chi connectivity index (χ4v) is 2.70. The fourth-order valence-electron chi connectivity index (χ4n) is 1.51. The van der Waals surface area contributed by atoms with E-state index in [4.69, 9.17) is 4.74 Å². The van der Waals surface area contributed by atoms with E-state index in [1.54, 1.807) is 13.3 Å². The Hall–Kier alpha value is -1.40. The molecular formula is C12H11BrN2O2S. The van der Waals surface area contributed by atoms with Crippen LogP contribution in [0.5, 0.6) is 5.75 Å². The molecule has 1 aromatic heterocycles. The minimum atomic E-state index is -0.0874. The first-order chi connectivity index (χ1) is 8.69. The van der Waals surface area contributed by atoms with Gasteiger partial charge >= 0.3 is 0 Å². The Kier molecular flexibility index (Phi) is 4.33. The van der Waals surface area contributed by atoms with Gasteiger partial charge in [-0.15, -0.1) is 0 Å². The number of hydrogen-bond acceptors (Lipinski definition) is 4. The van der Waals surface area contributed by atoms with E-state index in [2.05, 4.69) is 26.2 Å². The molecule has 18 heavy (non-hydrogen) atoms. The van der Waals surface area contributed by atoms with E-state index in [0.29, 0.717) is 0 Å². The van der Waals surface area contributed by atoms with Gasteiger partial charge in [0.25, 0.3) is 0 Å². The first kappa shape index (κ1) is 13.0. The number of aromatic nitrogens is 1. The summed E-state index contributed by atoms with van der Waals surface area (Å²) in [5.74, 6) is 0.633. The Bertz CT molecular complexity index is 557. The minimum Gasteiger partial charge on any atom is -0.496 e. The SMILES string of the molecule is COc1ccccc1CC(=O)Nc1cnc(Br)s1. The molecule has 4 nitrogen and oxygen atoms in total. The van der Waals surface area contributed by atoms with Gasteiger partial charge in [-0.1, -0.05) is 29.5 Å². The van der Waals surface area contributed by atoms with Gasteiger partial charge in [-0.2, -0.15) is 0 Å². The average molecular weight is 327 g/mol. The number of halogens is 1. The lowest BCUT2D eigenvalue weighted by Gasteiger charge is -2.07. The van der Waals surface area contributed by atoms with Gasteiger partial charge in [-0.25, -0.2) is 4.98 Å². The molecule has 0 atom stereocenters. The summed E-state index contributed by atoms with van der Waals surface area (Å²) >= 11 is 4.63. The summed E-state index contributed by atoms with van der Waals surface area (Å²) in [5.41, 5.74) is 0.862. The molecule has 0 aliphatic rings. The van der Waals surface area contributed by atoms with E-state index in [9.17, 15) is 4.79 Å². The molecule has 0 saturated carbocycles. The van der Waals surface area contributed by atoms with Crippen LogP contribution in [-0.2, 0) is 11.2 Å². The van der Waals surface area contributed by atoms with Crippen molar-refractivity contribution in [3.05, 3.63) is 39.9 Å². The molecule has 1 aromatic carbocycles. The molecule has 0 aliphatic carbocycles. The van der Waals surface area contributed by atoms with Crippen molar-refractivity contribution in [1.82, 2.24) is 4.98 Å². The number of amides is 1. The topological polar surface area (TPSA) is 51.2 Å². The van der Waals surface area contributed by atoms with Gasteiger partial charge < -0.3 is 10.1 Å². The van der Waals surface area contributed by atoms with Gasteiger partial charge in [0.1, 0.15) is 10.8 Å². The molecule has 94 valence electrons. The van der Waals surface area contributed by atoms with E-state index in [-0.39, 0.29) is 12.3 Å². The van der Waals surface area contributed by atoms with Crippen LogP contribution in [0.25, 0.3) is 0 Å². The highest BCUT2D eigenvalue weighted by molar-refractivity contribution is 9.11. The number of benzene rings is 1. The lowest BCUT2D eigenvalue weighted by Crippen LogP contribution is -2.14. The van der Waals surface area contributed by atoms with Crippen molar-refractivity contribution >= 4 is 38.2 Å². The van der Waals surface area contributed by atoms with Gasteiger partial charge in [0.15, 0.2) is 3.92 Å². The second-order valence-corrected chi connectivity index (χ2v) is 5.82. The summed E-state index contributed by atoms with van der Waals surface area (Å²) in [4.78, 5) is 15.9. The zero-order chi connectivity index (χ0) is 13.0. The Morgan fingerprint density at radius 2 is 2.28 bits per heavy atom. The number of methoxy groups -OCH3 is 1. The molecule has 6 heteroatoms. The van der Waals surface area contributed by atoms with Crippen molar-refractivity contribution in [2.24, 2.45) is 0 Å². The number of nitrogens with one attached hydrogen (secondary N) is 1. The van der Waals surface area contributed by atoms with Gasteiger partial charge in [0.05, 0.1) is 19.7 Å². The quantitative estimate of drug-likeness (QED) is 0.939. The maximum Gasteiger partial charge on any atom is 0.229 e. The third-order valence-electron chi connectivity index (χ3n) is 2.28. The Morgan fingerprint density at radius 3 is 2.94 bits per heavy atom. The first-order valence-electron chi connectivity index (χ1n) is 5.22. The normalized spacial score (nSPS) is 10.1. The smallest absolute Gasteiger partial charge is 0.229 e. The van der Waals surface area contributed by atoms with Crippen molar-refractivity contribution in [3.8, 4) is 5.75 Å². The molecule has 2 aromatic rings. The maximum atomic E-state index is 11.9. The Balaban J connectivity index is 2.03. The summed E-state index contributed by atoms with van der Waals surface area (Å²) in [6.07, 6.45) is 1.90. The predicted octanol–water partition coefficient (Wildman–Crippen LogP) is 3.10. The zero-order valence-corrected chi connectivity index (χ0v) is 12.0. The standard InChI is InChI=1S/C12H11BrN2O2S/c1-17-9-5-3-2-4-8(9)6-10(16)15-11-7-14-12(13)18-11/h2-5,7H,6H2,1H3,(H,15,16). The van der Waals surface area contributed by atoms with Crippen molar-refractivity contribution < 1.29 is 9.53 Å². The molecule has 1 amide bonds. The van der Waals surface area contributed by atoms with Crippen molar-refractivity contribution in [3.63, 3.8) is 0 Å². The van der Waals surface area contributed by atoms with Crippen LogP contribution in [0.3, 0.4) is 0 Å².